The topological polar surface area (TPSA) is 62.6 Å². The second kappa shape index (κ2) is 4.96. The third-order valence-electron chi connectivity index (χ3n) is 2.88. The molecule has 1 unspecified atom stereocenters. The summed E-state index contributed by atoms with van der Waals surface area (Å²) in [6, 6.07) is 6.60. The van der Waals surface area contributed by atoms with Gasteiger partial charge in [-0.15, -0.1) is 0 Å². The lowest BCUT2D eigenvalue weighted by molar-refractivity contribution is 0.0772. The molecular formula is C13H14N2O3. The molecule has 0 bridgehead atoms. The first-order valence-electron chi connectivity index (χ1n) is 5.70. The Bertz CT molecular complexity index is 507. The first kappa shape index (κ1) is 12.2. The normalized spacial score (nSPS) is 14.5. The summed E-state index contributed by atoms with van der Waals surface area (Å²) < 4.78 is 10.8. The number of amides is 1. The fourth-order valence-electron chi connectivity index (χ4n) is 1.64. The SMILES string of the molecule is CC(C#N)N(C)C(=O)c1ccc2c(c1)OCCO2. The lowest BCUT2D eigenvalue weighted by Gasteiger charge is -2.22. The van der Waals surface area contributed by atoms with Gasteiger partial charge in [-0.05, 0) is 25.1 Å². The number of benzene rings is 1. The monoisotopic (exact) mass is 246 g/mol. The van der Waals surface area contributed by atoms with Crippen LogP contribution in [0.5, 0.6) is 11.5 Å². The maximum absolute atomic E-state index is 12.1. The summed E-state index contributed by atoms with van der Waals surface area (Å²) in [6.07, 6.45) is 0. The van der Waals surface area contributed by atoms with Gasteiger partial charge in [-0.1, -0.05) is 0 Å². The van der Waals surface area contributed by atoms with Crippen molar-refractivity contribution in [3.05, 3.63) is 23.8 Å². The minimum Gasteiger partial charge on any atom is -0.486 e. The van der Waals surface area contributed by atoms with Gasteiger partial charge < -0.3 is 14.4 Å². The highest BCUT2D eigenvalue weighted by Gasteiger charge is 2.20. The highest BCUT2D eigenvalue weighted by atomic mass is 16.6. The molecule has 1 aliphatic heterocycles. The summed E-state index contributed by atoms with van der Waals surface area (Å²) >= 11 is 0. The summed E-state index contributed by atoms with van der Waals surface area (Å²) in [6.45, 7) is 2.68. The molecule has 0 saturated heterocycles. The Hall–Kier alpha value is -2.22. The summed E-state index contributed by atoms with van der Waals surface area (Å²) in [7, 11) is 1.60. The molecular weight excluding hydrogens is 232 g/mol. The zero-order chi connectivity index (χ0) is 13.1. The van der Waals surface area contributed by atoms with Crippen LogP contribution in [-0.4, -0.2) is 37.1 Å². The van der Waals surface area contributed by atoms with Crippen molar-refractivity contribution in [1.29, 1.82) is 5.26 Å². The Kier molecular flexibility index (Phi) is 3.38. The Labute approximate surface area is 106 Å². The zero-order valence-corrected chi connectivity index (χ0v) is 10.3. The highest BCUT2D eigenvalue weighted by Crippen LogP contribution is 2.31. The van der Waals surface area contributed by atoms with Gasteiger partial charge in [0.1, 0.15) is 19.3 Å². The molecule has 5 heteroatoms. The maximum Gasteiger partial charge on any atom is 0.254 e. The molecule has 1 heterocycles. The van der Waals surface area contributed by atoms with Crippen molar-refractivity contribution in [1.82, 2.24) is 4.90 Å². The molecule has 18 heavy (non-hydrogen) atoms. The fourth-order valence-corrected chi connectivity index (χ4v) is 1.64. The molecule has 94 valence electrons. The Morgan fingerprint density at radius 1 is 1.39 bits per heavy atom. The molecule has 5 nitrogen and oxygen atoms in total. The molecule has 0 fully saturated rings. The summed E-state index contributed by atoms with van der Waals surface area (Å²) in [5.74, 6) is 1.01. The quantitative estimate of drug-likeness (QED) is 0.792. The fraction of sp³-hybridized carbons (Fsp3) is 0.385. The van der Waals surface area contributed by atoms with Crippen molar-refractivity contribution in [2.75, 3.05) is 20.3 Å². The lowest BCUT2D eigenvalue weighted by atomic mass is 10.1. The Morgan fingerprint density at radius 3 is 2.72 bits per heavy atom. The van der Waals surface area contributed by atoms with E-state index in [2.05, 4.69) is 0 Å². The number of rotatable bonds is 2. The first-order chi connectivity index (χ1) is 8.63. The lowest BCUT2D eigenvalue weighted by Crippen LogP contribution is -2.34. The van der Waals surface area contributed by atoms with Gasteiger partial charge >= 0.3 is 0 Å². The van der Waals surface area contributed by atoms with Crippen LogP contribution in [0.1, 0.15) is 17.3 Å². The Balaban J connectivity index is 2.24. The third kappa shape index (κ3) is 2.23. The van der Waals surface area contributed by atoms with E-state index in [9.17, 15) is 4.79 Å². The van der Waals surface area contributed by atoms with E-state index in [1.165, 1.54) is 4.90 Å². The van der Waals surface area contributed by atoms with Crippen molar-refractivity contribution >= 4 is 5.91 Å². The zero-order valence-electron chi connectivity index (χ0n) is 10.3. The molecule has 1 aromatic rings. The van der Waals surface area contributed by atoms with Gasteiger partial charge in [-0.25, -0.2) is 0 Å². The van der Waals surface area contributed by atoms with Crippen LogP contribution < -0.4 is 9.47 Å². The molecule has 1 atom stereocenters. The van der Waals surface area contributed by atoms with Crippen LogP contribution >= 0.6 is 0 Å². The number of carbonyl (C=O) groups is 1. The van der Waals surface area contributed by atoms with Crippen LogP contribution in [0.2, 0.25) is 0 Å². The molecule has 0 aromatic heterocycles. The van der Waals surface area contributed by atoms with Crippen molar-refractivity contribution in [2.45, 2.75) is 13.0 Å². The minimum absolute atomic E-state index is 0.207. The molecule has 0 spiro atoms. The summed E-state index contributed by atoms with van der Waals surface area (Å²) in [5.41, 5.74) is 0.490. The molecule has 1 aromatic carbocycles. The Morgan fingerprint density at radius 2 is 2.06 bits per heavy atom. The number of fused-ring (bicyclic) bond motifs is 1. The molecule has 1 aliphatic rings. The van der Waals surface area contributed by atoms with Crippen LogP contribution in [0, 0.1) is 11.3 Å². The van der Waals surface area contributed by atoms with Gasteiger partial charge in [0, 0.05) is 12.6 Å². The van der Waals surface area contributed by atoms with Crippen molar-refractivity contribution in [2.24, 2.45) is 0 Å². The minimum atomic E-state index is -0.467. The van der Waals surface area contributed by atoms with E-state index in [1.54, 1.807) is 32.2 Å². The maximum atomic E-state index is 12.1. The molecule has 0 N–H and O–H groups in total. The van der Waals surface area contributed by atoms with E-state index in [-0.39, 0.29) is 5.91 Å². The van der Waals surface area contributed by atoms with Crippen LogP contribution in [0.25, 0.3) is 0 Å². The van der Waals surface area contributed by atoms with E-state index in [0.29, 0.717) is 30.3 Å². The standard InChI is InChI=1S/C13H14N2O3/c1-9(8-14)15(2)13(16)10-3-4-11-12(7-10)18-6-5-17-11/h3-4,7,9H,5-6H2,1-2H3. The predicted octanol–water partition coefficient (Wildman–Crippen LogP) is 1.44. The van der Waals surface area contributed by atoms with E-state index < -0.39 is 6.04 Å². The summed E-state index contributed by atoms with van der Waals surface area (Å²) in [4.78, 5) is 13.5. The van der Waals surface area contributed by atoms with Crippen molar-refractivity contribution in [3.8, 4) is 17.6 Å². The van der Waals surface area contributed by atoms with Gasteiger partial charge in [-0.3, -0.25) is 4.79 Å². The van der Waals surface area contributed by atoms with E-state index in [1.807, 2.05) is 6.07 Å². The molecule has 0 saturated carbocycles. The van der Waals surface area contributed by atoms with Crippen LogP contribution in [-0.2, 0) is 0 Å². The van der Waals surface area contributed by atoms with Crippen molar-refractivity contribution < 1.29 is 14.3 Å². The third-order valence-corrected chi connectivity index (χ3v) is 2.88. The number of carbonyl (C=O) groups excluding carboxylic acids is 1. The molecule has 1 amide bonds. The second-order valence-electron chi connectivity index (χ2n) is 4.08. The van der Waals surface area contributed by atoms with Crippen molar-refractivity contribution in [3.63, 3.8) is 0 Å². The number of hydrogen-bond acceptors (Lipinski definition) is 4. The predicted molar refractivity (Wildman–Crippen MR) is 64.6 cm³/mol. The van der Waals surface area contributed by atoms with Gasteiger partial charge in [0.05, 0.1) is 6.07 Å². The van der Waals surface area contributed by atoms with Gasteiger partial charge in [0.25, 0.3) is 5.91 Å². The van der Waals surface area contributed by atoms with E-state index in [0.717, 1.165) is 0 Å². The number of nitriles is 1. The van der Waals surface area contributed by atoms with E-state index in [4.69, 9.17) is 14.7 Å². The van der Waals surface area contributed by atoms with Crippen LogP contribution in [0.15, 0.2) is 18.2 Å². The number of nitrogens with zero attached hydrogens (tertiary/aromatic N) is 2. The first-order valence-corrected chi connectivity index (χ1v) is 5.70. The molecule has 0 aliphatic carbocycles. The van der Waals surface area contributed by atoms with Crippen LogP contribution in [0.3, 0.4) is 0 Å². The average molecular weight is 246 g/mol. The highest BCUT2D eigenvalue weighted by molar-refractivity contribution is 5.95. The van der Waals surface area contributed by atoms with E-state index >= 15 is 0 Å². The second-order valence-corrected chi connectivity index (χ2v) is 4.08. The number of ether oxygens (including phenoxy) is 2. The average Bonchev–Trinajstić information content (AvgIpc) is 2.44. The molecule has 2 rings (SSSR count). The summed E-state index contributed by atoms with van der Waals surface area (Å²) in [5, 5.41) is 8.80. The smallest absolute Gasteiger partial charge is 0.254 e. The van der Waals surface area contributed by atoms with Gasteiger partial charge in [0.2, 0.25) is 0 Å². The van der Waals surface area contributed by atoms with Gasteiger partial charge in [0.15, 0.2) is 11.5 Å². The van der Waals surface area contributed by atoms with Gasteiger partial charge in [-0.2, -0.15) is 5.26 Å². The van der Waals surface area contributed by atoms with Crippen LogP contribution in [0.4, 0.5) is 0 Å². The number of hydrogen-bond donors (Lipinski definition) is 0. The largest absolute Gasteiger partial charge is 0.486 e. The molecule has 0 radical (unpaired) electrons.